The van der Waals surface area contributed by atoms with E-state index in [1.807, 2.05) is 6.07 Å². The average Bonchev–Trinajstić information content (AvgIpc) is 3.15. The Morgan fingerprint density at radius 3 is 3.09 bits per heavy atom. The predicted octanol–water partition coefficient (Wildman–Crippen LogP) is 2.36. The zero-order valence-electron chi connectivity index (χ0n) is 13.2. The maximum atomic E-state index is 12.0. The molecule has 0 unspecified atom stereocenters. The lowest BCUT2D eigenvalue weighted by Crippen LogP contribution is -2.43. The number of carbonyl (C=O) groups excluding carboxylic acids is 1. The van der Waals surface area contributed by atoms with Crippen LogP contribution in [0.4, 0.5) is 0 Å². The first-order valence-electron chi connectivity index (χ1n) is 7.99. The molecule has 1 N–H and O–H groups in total. The number of aromatic amines is 1. The van der Waals surface area contributed by atoms with E-state index in [1.54, 1.807) is 6.92 Å². The van der Waals surface area contributed by atoms with E-state index in [1.165, 1.54) is 16.5 Å². The molecule has 5 heteroatoms. The number of hydrogen-bond donors (Lipinski definition) is 1. The highest BCUT2D eigenvalue weighted by atomic mass is 16.7. The number of aromatic nitrogens is 1. The van der Waals surface area contributed by atoms with Crippen molar-refractivity contribution in [1.82, 2.24) is 9.88 Å². The van der Waals surface area contributed by atoms with Gasteiger partial charge in [0, 0.05) is 41.7 Å². The van der Waals surface area contributed by atoms with Crippen LogP contribution in [0.3, 0.4) is 0 Å². The summed E-state index contributed by atoms with van der Waals surface area (Å²) >= 11 is 0. The second-order valence-electron chi connectivity index (χ2n) is 6.72. The van der Waals surface area contributed by atoms with E-state index in [9.17, 15) is 4.79 Å². The number of rotatable bonds is 1. The van der Waals surface area contributed by atoms with Crippen molar-refractivity contribution in [3.63, 3.8) is 0 Å². The summed E-state index contributed by atoms with van der Waals surface area (Å²) in [5, 5.41) is 1.22. The number of Topliss-reactive ketones (excluding diaryl/α,β-unsaturated/α-hetero) is 1. The molecule has 3 aliphatic rings. The van der Waals surface area contributed by atoms with Crippen LogP contribution in [0, 0.1) is 5.92 Å². The van der Waals surface area contributed by atoms with Crippen molar-refractivity contribution in [3.8, 4) is 11.5 Å². The van der Waals surface area contributed by atoms with Gasteiger partial charge in [0.25, 0.3) is 0 Å². The molecule has 0 saturated carbocycles. The molecule has 5 nitrogen and oxygen atoms in total. The number of nitrogens with one attached hydrogen (secondary N) is 1. The Hall–Kier alpha value is -2.27. The topological polar surface area (TPSA) is 54.6 Å². The van der Waals surface area contributed by atoms with Gasteiger partial charge in [-0.25, -0.2) is 0 Å². The number of fused-ring (bicyclic) bond motifs is 4. The fraction of sp³-hybridized carbons (Fsp3) is 0.389. The molecule has 0 bridgehead atoms. The summed E-state index contributed by atoms with van der Waals surface area (Å²) in [5.41, 5.74) is 4.70. The average molecular weight is 310 g/mol. The highest BCUT2D eigenvalue weighted by Gasteiger charge is 2.38. The van der Waals surface area contributed by atoms with Crippen LogP contribution >= 0.6 is 0 Å². The van der Waals surface area contributed by atoms with Crippen molar-refractivity contribution in [1.29, 1.82) is 0 Å². The minimum atomic E-state index is -0.0556. The third-order valence-electron chi connectivity index (χ3n) is 5.37. The molecule has 0 spiro atoms. The van der Waals surface area contributed by atoms with Crippen LogP contribution in [0.15, 0.2) is 18.3 Å². The van der Waals surface area contributed by atoms with E-state index < -0.39 is 0 Å². The van der Waals surface area contributed by atoms with Crippen molar-refractivity contribution >= 4 is 22.3 Å². The number of H-pyrrole nitrogens is 1. The Bertz CT molecular complexity index is 880. The van der Waals surface area contributed by atoms with Gasteiger partial charge in [-0.05, 0) is 31.5 Å². The highest BCUT2D eigenvalue weighted by Crippen LogP contribution is 2.50. The quantitative estimate of drug-likeness (QED) is 0.878. The van der Waals surface area contributed by atoms with E-state index in [0.717, 1.165) is 35.5 Å². The van der Waals surface area contributed by atoms with Crippen molar-refractivity contribution in [3.05, 3.63) is 29.5 Å². The van der Waals surface area contributed by atoms with Gasteiger partial charge in [-0.15, -0.1) is 0 Å². The first kappa shape index (κ1) is 13.2. The highest BCUT2D eigenvalue weighted by molar-refractivity contribution is 6.03. The first-order chi connectivity index (χ1) is 11.1. The number of hydrogen-bond acceptors (Lipinski definition) is 4. The molecule has 2 atom stereocenters. The van der Waals surface area contributed by atoms with Crippen LogP contribution in [0.5, 0.6) is 11.5 Å². The fourth-order valence-electron chi connectivity index (χ4n) is 4.19. The fourth-order valence-corrected chi connectivity index (χ4v) is 4.19. The minimum absolute atomic E-state index is 0.0556. The lowest BCUT2D eigenvalue weighted by Gasteiger charge is -2.39. The summed E-state index contributed by atoms with van der Waals surface area (Å²) < 4.78 is 11.4. The minimum Gasteiger partial charge on any atom is -0.453 e. The second kappa shape index (κ2) is 4.38. The summed E-state index contributed by atoms with van der Waals surface area (Å²) in [6.45, 7) is 2.71. The Morgan fingerprint density at radius 1 is 1.39 bits per heavy atom. The van der Waals surface area contributed by atoms with Crippen molar-refractivity contribution in [2.75, 3.05) is 20.4 Å². The van der Waals surface area contributed by atoms with E-state index in [-0.39, 0.29) is 24.5 Å². The van der Waals surface area contributed by atoms with E-state index in [0.29, 0.717) is 0 Å². The maximum Gasteiger partial charge on any atom is 0.231 e. The predicted molar refractivity (Wildman–Crippen MR) is 86.7 cm³/mol. The molecule has 23 heavy (non-hydrogen) atoms. The Balaban J connectivity index is 1.83. The molecule has 5 rings (SSSR count). The molecule has 0 saturated heterocycles. The Kier molecular flexibility index (Phi) is 2.52. The third kappa shape index (κ3) is 1.68. The summed E-state index contributed by atoms with van der Waals surface area (Å²) in [5.74, 6) is 1.77. The number of nitrogens with zero attached hydrogens (tertiary/aromatic N) is 1. The Morgan fingerprint density at radius 2 is 2.26 bits per heavy atom. The molecule has 0 radical (unpaired) electrons. The second-order valence-corrected chi connectivity index (χ2v) is 6.72. The molecule has 0 amide bonds. The van der Waals surface area contributed by atoms with Crippen molar-refractivity contribution < 1.29 is 14.3 Å². The van der Waals surface area contributed by atoms with Gasteiger partial charge < -0.3 is 14.5 Å². The zero-order valence-corrected chi connectivity index (χ0v) is 13.2. The zero-order chi connectivity index (χ0) is 15.7. The van der Waals surface area contributed by atoms with Crippen LogP contribution in [-0.2, 0) is 11.2 Å². The molecular formula is C18H18N2O3. The van der Waals surface area contributed by atoms with E-state index in [2.05, 4.69) is 29.2 Å². The van der Waals surface area contributed by atoms with Gasteiger partial charge in [0.2, 0.25) is 6.79 Å². The molecule has 1 aliphatic carbocycles. The van der Waals surface area contributed by atoms with Crippen LogP contribution in [0.25, 0.3) is 16.5 Å². The van der Waals surface area contributed by atoms with Gasteiger partial charge >= 0.3 is 0 Å². The number of ether oxygens (including phenoxy) is 2. The van der Waals surface area contributed by atoms with E-state index >= 15 is 0 Å². The molecule has 118 valence electrons. The summed E-state index contributed by atoms with van der Waals surface area (Å²) in [6, 6.07) is 2.30. The SMILES string of the molecule is CC(=O)[C@@H]1C=C2c3c4c(cc5[nH]cc(c35)C[C@H]2N(C)C1)OCO4. The molecule has 0 fully saturated rings. The van der Waals surface area contributed by atoms with Crippen LogP contribution in [0.1, 0.15) is 18.1 Å². The standard InChI is InChI=1S/C18H18N2O3/c1-9(21)11-3-12-14(20(2)7-11)4-10-6-19-13-5-15-18(23-8-22-15)17(12)16(10)13/h3,5-6,11,14,19H,4,7-8H2,1-2H3/t11-,14-/m1/s1. The molecule has 1 aromatic heterocycles. The maximum absolute atomic E-state index is 12.0. The number of ketones is 1. The number of likely N-dealkylation sites (N-methyl/N-ethyl adjacent to an activating group) is 1. The molecular weight excluding hydrogens is 292 g/mol. The van der Waals surface area contributed by atoms with Gasteiger partial charge in [-0.2, -0.15) is 0 Å². The van der Waals surface area contributed by atoms with Gasteiger partial charge in [0.1, 0.15) is 5.78 Å². The normalized spacial score (nSPS) is 25.4. The Labute approximate surface area is 133 Å². The van der Waals surface area contributed by atoms with Crippen molar-refractivity contribution in [2.45, 2.75) is 19.4 Å². The van der Waals surface area contributed by atoms with Crippen LogP contribution < -0.4 is 9.47 Å². The summed E-state index contributed by atoms with van der Waals surface area (Å²) in [4.78, 5) is 17.6. The lowest BCUT2D eigenvalue weighted by atomic mass is 9.79. The smallest absolute Gasteiger partial charge is 0.231 e. The van der Waals surface area contributed by atoms with Gasteiger partial charge in [-0.3, -0.25) is 9.69 Å². The number of carbonyl (C=O) groups is 1. The summed E-state index contributed by atoms with van der Waals surface area (Å²) in [6.07, 6.45) is 5.20. The molecule has 3 heterocycles. The van der Waals surface area contributed by atoms with Crippen LogP contribution in [0.2, 0.25) is 0 Å². The third-order valence-corrected chi connectivity index (χ3v) is 5.37. The van der Waals surface area contributed by atoms with Gasteiger partial charge in [0.05, 0.1) is 5.52 Å². The first-order valence-corrected chi connectivity index (χ1v) is 7.99. The molecule has 2 aliphatic heterocycles. The van der Waals surface area contributed by atoms with Gasteiger partial charge in [0.15, 0.2) is 11.5 Å². The molecule has 2 aromatic rings. The van der Waals surface area contributed by atoms with E-state index in [4.69, 9.17) is 9.47 Å². The van der Waals surface area contributed by atoms with Crippen molar-refractivity contribution in [2.24, 2.45) is 5.92 Å². The number of benzene rings is 1. The summed E-state index contributed by atoms with van der Waals surface area (Å²) in [7, 11) is 2.10. The monoisotopic (exact) mass is 310 g/mol. The molecule has 1 aromatic carbocycles. The largest absolute Gasteiger partial charge is 0.453 e. The van der Waals surface area contributed by atoms with Crippen LogP contribution in [-0.4, -0.2) is 42.1 Å². The lowest BCUT2D eigenvalue weighted by molar-refractivity contribution is -0.120. The van der Waals surface area contributed by atoms with Gasteiger partial charge in [-0.1, -0.05) is 6.08 Å².